The third kappa shape index (κ3) is 5.06. The second kappa shape index (κ2) is 6.82. The topological polar surface area (TPSA) is 62.4 Å². The summed E-state index contributed by atoms with van der Waals surface area (Å²) in [6, 6.07) is 3.47. The van der Waals surface area contributed by atoms with Crippen molar-refractivity contribution in [3.63, 3.8) is 0 Å². The first-order valence-electron chi connectivity index (χ1n) is 6.61. The summed E-state index contributed by atoms with van der Waals surface area (Å²) < 4.78 is 53.3. The highest BCUT2D eigenvalue weighted by molar-refractivity contribution is 5.89. The van der Waals surface area contributed by atoms with Crippen LogP contribution in [0.1, 0.15) is 6.42 Å². The molecule has 0 saturated carbocycles. The fourth-order valence-corrected chi connectivity index (χ4v) is 2.06. The molecule has 1 aliphatic rings. The fraction of sp³-hybridized carbons (Fsp3) is 0.462. The number of amides is 2. The first kappa shape index (κ1) is 16.3. The molecule has 1 aromatic rings. The minimum Gasteiger partial charge on any atom is -0.406 e. The third-order valence-corrected chi connectivity index (χ3v) is 3.07. The monoisotopic (exact) mass is 321 g/mol. The Balaban J connectivity index is 1.86. The minimum absolute atomic E-state index is 0.175. The molecule has 1 saturated heterocycles. The second-order valence-electron chi connectivity index (χ2n) is 4.79. The lowest BCUT2D eigenvalue weighted by Gasteiger charge is -2.27. The average molecular weight is 321 g/mol. The van der Waals surface area contributed by atoms with Crippen molar-refractivity contribution in [3.8, 4) is 5.75 Å². The number of carbonyl (C=O) groups is 1. The number of alkyl halides is 4. The number of nitrogens with one attached hydrogen (secondary N) is 3. The Labute approximate surface area is 124 Å². The van der Waals surface area contributed by atoms with E-state index in [1.165, 1.54) is 12.1 Å². The van der Waals surface area contributed by atoms with Crippen molar-refractivity contribution in [2.75, 3.05) is 18.4 Å². The van der Waals surface area contributed by atoms with E-state index in [-0.39, 0.29) is 18.0 Å². The maximum absolute atomic E-state index is 13.5. The molecule has 1 aromatic carbocycles. The van der Waals surface area contributed by atoms with Gasteiger partial charge in [0.25, 0.3) is 0 Å². The zero-order valence-electron chi connectivity index (χ0n) is 11.4. The molecule has 2 rings (SSSR count). The van der Waals surface area contributed by atoms with Gasteiger partial charge in [-0.05, 0) is 37.2 Å². The van der Waals surface area contributed by atoms with Crippen LogP contribution < -0.4 is 20.7 Å². The van der Waals surface area contributed by atoms with E-state index in [0.29, 0.717) is 13.0 Å². The van der Waals surface area contributed by atoms with Gasteiger partial charge < -0.3 is 20.7 Å². The smallest absolute Gasteiger partial charge is 0.406 e. The third-order valence-electron chi connectivity index (χ3n) is 3.07. The predicted molar refractivity (Wildman–Crippen MR) is 71.5 cm³/mol. The average Bonchev–Trinajstić information content (AvgIpc) is 2.42. The summed E-state index contributed by atoms with van der Waals surface area (Å²) in [5.41, 5.74) is 0.274. The van der Waals surface area contributed by atoms with Crippen LogP contribution in [0.5, 0.6) is 5.75 Å². The maximum atomic E-state index is 13.5. The summed E-state index contributed by atoms with van der Waals surface area (Å²) in [5.74, 6) is -0.388. The van der Waals surface area contributed by atoms with Gasteiger partial charge >= 0.3 is 12.4 Å². The summed E-state index contributed by atoms with van der Waals surface area (Å²) in [4.78, 5) is 11.7. The van der Waals surface area contributed by atoms with Crippen LogP contribution >= 0.6 is 0 Å². The molecular formula is C13H15F4N3O2. The Morgan fingerprint density at radius 1 is 1.27 bits per heavy atom. The van der Waals surface area contributed by atoms with Crippen molar-refractivity contribution >= 4 is 11.7 Å². The van der Waals surface area contributed by atoms with E-state index in [0.717, 1.165) is 12.1 Å². The molecular weight excluding hydrogens is 306 g/mol. The van der Waals surface area contributed by atoms with Crippen molar-refractivity contribution in [2.45, 2.75) is 25.0 Å². The van der Waals surface area contributed by atoms with E-state index < -0.39 is 24.6 Å². The van der Waals surface area contributed by atoms with E-state index in [2.05, 4.69) is 20.7 Å². The quantitative estimate of drug-likeness (QED) is 0.749. The molecule has 0 aromatic heterocycles. The van der Waals surface area contributed by atoms with Gasteiger partial charge in [0.1, 0.15) is 11.9 Å². The lowest BCUT2D eigenvalue weighted by molar-refractivity contribution is -0.274. The number of anilines is 1. The van der Waals surface area contributed by atoms with Crippen LogP contribution in [-0.2, 0) is 0 Å². The Kier molecular flexibility index (Phi) is 5.07. The van der Waals surface area contributed by atoms with Gasteiger partial charge in [0.15, 0.2) is 0 Å². The first-order chi connectivity index (χ1) is 10.3. The van der Waals surface area contributed by atoms with Crippen molar-refractivity contribution < 1.29 is 27.1 Å². The van der Waals surface area contributed by atoms with Crippen LogP contribution in [0.15, 0.2) is 24.3 Å². The highest BCUT2D eigenvalue weighted by atomic mass is 19.4. The van der Waals surface area contributed by atoms with Crippen LogP contribution in [0.2, 0.25) is 0 Å². The molecule has 0 unspecified atom stereocenters. The Morgan fingerprint density at radius 3 is 2.55 bits per heavy atom. The van der Waals surface area contributed by atoms with Crippen LogP contribution in [0.25, 0.3) is 0 Å². The van der Waals surface area contributed by atoms with Gasteiger partial charge in [0, 0.05) is 12.2 Å². The minimum atomic E-state index is -4.77. The normalized spacial score (nSPS) is 22.0. The molecule has 0 bridgehead atoms. The molecule has 1 fully saturated rings. The number of piperidine rings is 1. The summed E-state index contributed by atoms with van der Waals surface area (Å²) in [7, 11) is 0. The predicted octanol–water partition coefficient (Wildman–Crippen LogP) is 2.41. The molecule has 9 heteroatoms. The molecule has 1 heterocycles. The number of hydrogen-bond acceptors (Lipinski definition) is 3. The summed E-state index contributed by atoms with van der Waals surface area (Å²) in [5, 5.41) is 7.78. The van der Waals surface area contributed by atoms with Gasteiger partial charge in [0.05, 0.1) is 6.04 Å². The summed E-state index contributed by atoms with van der Waals surface area (Å²) >= 11 is 0. The van der Waals surface area contributed by atoms with Crippen molar-refractivity contribution in [1.29, 1.82) is 0 Å². The first-order valence-corrected chi connectivity index (χ1v) is 6.61. The molecule has 5 nitrogen and oxygen atoms in total. The molecule has 1 aliphatic heterocycles. The summed E-state index contributed by atoms with van der Waals surface area (Å²) in [6.45, 7) is 0.781. The summed E-state index contributed by atoms with van der Waals surface area (Å²) in [6.07, 6.45) is -5.48. The zero-order valence-corrected chi connectivity index (χ0v) is 11.4. The van der Waals surface area contributed by atoms with Crippen molar-refractivity contribution in [1.82, 2.24) is 10.6 Å². The number of rotatable bonds is 3. The number of hydrogen-bond donors (Lipinski definition) is 3. The largest absolute Gasteiger partial charge is 0.573 e. The van der Waals surface area contributed by atoms with E-state index in [4.69, 9.17) is 0 Å². The van der Waals surface area contributed by atoms with E-state index in [1.807, 2.05) is 0 Å². The number of urea groups is 1. The number of ether oxygens (including phenoxy) is 1. The highest BCUT2D eigenvalue weighted by Crippen LogP contribution is 2.23. The van der Waals surface area contributed by atoms with Crippen LogP contribution in [-0.4, -0.2) is 37.7 Å². The Hall–Kier alpha value is -2.03. The van der Waals surface area contributed by atoms with E-state index in [1.54, 1.807) is 0 Å². The van der Waals surface area contributed by atoms with Gasteiger partial charge in [-0.1, -0.05) is 0 Å². The molecule has 2 amide bonds. The highest BCUT2D eigenvalue weighted by Gasteiger charge is 2.31. The molecule has 2 atom stereocenters. The Morgan fingerprint density at radius 2 is 1.95 bits per heavy atom. The molecule has 0 aliphatic carbocycles. The molecule has 122 valence electrons. The zero-order chi connectivity index (χ0) is 16.2. The van der Waals surface area contributed by atoms with E-state index in [9.17, 15) is 22.4 Å². The van der Waals surface area contributed by atoms with Gasteiger partial charge in [-0.3, -0.25) is 0 Å². The van der Waals surface area contributed by atoms with Gasteiger partial charge in [-0.25, -0.2) is 9.18 Å². The standard InChI is InChI=1S/C13H15F4N3O2/c14-10-7-18-6-5-11(10)20-12(21)19-8-1-3-9(4-2-8)22-13(15,16)17/h1-4,10-11,18H,5-7H2,(H2,19,20,21)/t10-,11-/m0/s1. The van der Waals surface area contributed by atoms with Crippen LogP contribution in [0.4, 0.5) is 28.0 Å². The molecule has 0 radical (unpaired) electrons. The van der Waals surface area contributed by atoms with E-state index >= 15 is 0 Å². The number of halogens is 4. The molecule has 22 heavy (non-hydrogen) atoms. The maximum Gasteiger partial charge on any atom is 0.573 e. The number of carbonyl (C=O) groups excluding carboxylic acids is 1. The fourth-order valence-electron chi connectivity index (χ4n) is 2.06. The van der Waals surface area contributed by atoms with Crippen LogP contribution in [0.3, 0.4) is 0 Å². The molecule has 3 N–H and O–H groups in total. The van der Waals surface area contributed by atoms with Crippen molar-refractivity contribution in [2.24, 2.45) is 0 Å². The Bertz CT molecular complexity index is 507. The molecule has 0 spiro atoms. The van der Waals surface area contributed by atoms with Crippen LogP contribution in [0, 0.1) is 0 Å². The lowest BCUT2D eigenvalue weighted by Crippen LogP contribution is -2.51. The number of benzene rings is 1. The SMILES string of the molecule is O=C(Nc1ccc(OC(F)(F)F)cc1)N[C@H]1CCNC[C@@H]1F. The second-order valence-corrected chi connectivity index (χ2v) is 4.79. The van der Waals surface area contributed by atoms with Gasteiger partial charge in [0.2, 0.25) is 0 Å². The van der Waals surface area contributed by atoms with Crippen molar-refractivity contribution in [3.05, 3.63) is 24.3 Å². The van der Waals surface area contributed by atoms with Gasteiger partial charge in [-0.15, -0.1) is 13.2 Å². The van der Waals surface area contributed by atoms with Gasteiger partial charge in [-0.2, -0.15) is 0 Å². The lowest BCUT2D eigenvalue weighted by atomic mass is 10.1.